The van der Waals surface area contributed by atoms with Crippen molar-refractivity contribution in [2.24, 2.45) is 0 Å². The number of carbonyl (C=O) groups is 2. The van der Waals surface area contributed by atoms with Crippen molar-refractivity contribution in [3.05, 3.63) is 90.8 Å². The Bertz CT molecular complexity index is 1230. The van der Waals surface area contributed by atoms with Crippen LogP contribution in [-0.2, 0) is 20.7 Å². The van der Waals surface area contributed by atoms with Crippen LogP contribution in [0.15, 0.2) is 90.3 Å². The first-order valence-corrected chi connectivity index (χ1v) is 11.6. The lowest BCUT2D eigenvalue weighted by Gasteiger charge is -2.16. The minimum atomic E-state index is -0.779. The first-order valence-electron chi connectivity index (χ1n) is 10.6. The number of para-hydroxylation sites is 1. The van der Waals surface area contributed by atoms with Crippen LogP contribution in [0, 0.1) is 0 Å². The molecule has 2 aromatic heterocycles. The molecule has 0 saturated heterocycles. The molecule has 0 fully saturated rings. The summed E-state index contributed by atoms with van der Waals surface area (Å²) in [5.41, 5.74) is 2.60. The molecule has 0 spiro atoms. The molecule has 4 rings (SSSR count). The normalized spacial score (nSPS) is 11.6. The summed E-state index contributed by atoms with van der Waals surface area (Å²) in [5.74, 6) is -0.116. The molecule has 0 aliphatic heterocycles. The van der Waals surface area contributed by atoms with E-state index in [0.717, 1.165) is 16.8 Å². The van der Waals surface area contributed by atoms with Crippen molar-refractivity contribution in [2.75, 3.05) is 12.9 Å². The van der Waals surface area contributed by atoms with Gasteiger partial charge in [-0.25, -0.2) is 4.79 Å². The van der Waals surface area contributed by atoms with E-state index >= 15 is 0 Å². The maximum absolute atomic E-state index is 12.8. The number of nitrogens with one attached hydrogen (secondary N) is 1. The van der Waals surface area contributed by atoms with Crippen LogP contribution >= 0.6 is 11.8 Å². The zero-order valence-electron chi connectivity index (χ0n) is 18.5. The van der Waals surface area contributed by atoms with Gasteiger partial charge in [0.1, 0.15) is 6.04 Å². The van der Waals surface area contributed by atoms with Gasteiger partial charge in [0.25, 0.3) is 0 Å². The largest absolute Gasteiger partial charge is 0.467 e. The van der Waals surface area contributed by atoms with E-state index in [0.29, 0.717) is 17.4 Å². The summed E-state index contributed by atoms with van der Waals surface area (Å²) in [6.45, 7) is 0. The summed E-state index contributed by atoms with van der Waals surface area (Å²) in [6.07, 6.45) is 3.75. The quantitative estimate of drug-likeness (QED) is 0.294. The van der Waals surface area contributed by atoms with Gasteiger partial charge in [-0.05, 0) is 29.8 Å². The van der Waals surface area contributed by atoms with E-state index in [-0.39, 0.29) is 11.7 Å². The van der Waals surface area contributed by atoms with Crippen LogP contribution in [0.5, 0.6) is 0 Å². The first-order chi connectivity index (χ1) is 16.7. The van der Waals surface area contributed by atoms with Crippen LogP contribution in [0.1, 0.15) is 5.56 Å². The molecule has 0 bridgehead atoms. The topological polar surface area (TPSA) is 99.0 Å². The molecule has 4 aromatic rings. The summed E-state index contributed by atoms with van der Waals surface area (Å²) in [5, 5.41) is 12.0. The number of rotatable bonds is 9. The fourth-order valence-corrected chi connectivity index (χ4v) is 4.17. The SMILES string of the molecule is COC(=O)[C@H](Cc1ccccc1)NC(=O)CSc1nnc(-c2cccnc2)n1-c1ccccc1. The average molecular weight is 474 g/mol. The van der Waals surface area contributed by atoms with Gasteiger partial charge < -0.3 is 10.1 Å². The van der Waals surface area contributed by atoms with Gasteiger partial charge in [-0.2, -0.15) is 0 Å². The van der Waals surface area contributed by atoms with Crippen molar-refractivity contribution < 1.29 is 14.3 Å². The number of aromatic nitrogens is 4. The van der Waals surface area contributed by atoms with Crippen molar-refractivity contribution in [1.82, 2.24) is 25.1 Å². The Kier molecular flexibility index (Phi) is 7.67. The van der Waals surface area contributed by atoms with E-state index in [1.165, 1.54) is 18.9 Å². The maximum Gasteiger partial charge on any atom is 0.328 e. The second-order valence-electron chi connectivity index (χ2n) is 7.34. The number of esters is 1. The summed E-state index contributed by atoms with van der Waals surface area (Å²) in [4.78, 5) is 29.2. The van der Waals surface area contributed by atoms with Crippen molar-refractivity contribution in [3.8, 4) is 17.1 Å². The van der Waals surface area contributed by atoms with Gasteiger partial charge in [0.15, 0.2) is 11.0 Å². The van der Waals surface area contributed by atoms with Crippen LogP contribution in [0.4, 0.5) is 0 Å². The number of thioether (sulfide) groups is 1. The molecule has 8 nitrogen and oxygen atoms in total. The zero-order chi connectivity index (χ0) is 23.8. The van der Waals surface area contributed by atoms with Gasteiger partial charge in [0, 0.05) is 30.1 Å². The van der Waals surface area contributed by atoms with E-state index in [1.54, 1.807) is 12.4 Å². The lowest BCUT2D eigenvalue weighted by molar-refractivity contribution is -0.144. The molecule has 0 saturated carbocycles. The zero-order valence-corrected chi connectivity index (χ0v) is 19.3. The van der Waals surface area contributed by atoms with Gasteiger partial charge in [-0.3, -0.25) is 14.3 Å². The van der Waals surface area contributed by atoms with Crippen molar-refractivity contribution in [2.45, 2.75) is 17.6 Å². The van der Waals surface area contributed by atoms with Crippen molar-refractivity contribution >= 4 is 23.6 Å². The Morgan fingerprint density at radius 1 is 1.00 bits per heavy atom. The number of carbonyl (C=O) groups excluding carboxylic acids is 2. The van der Waals surface area contributed by atoms with Gasteiger partial charge in [-0.15, -0.1) is 10.2 Å². The molecular formula is C25H23N5O3S. The molecule has 0 aliphatic rings. The second-order valence-corrected chi connectivity index (χ2v) is 8.28. The lowest BCUT2D eigenvalue weighted by atomic mass is 10.1. The van der Waals surface area contributed by atoms with E-state index in [2.05, 4.69) is 20.5 Å². The number of benzene rings is 2. The predicted molar refractivity (Wildman–Crippen MR) is 129 cm³/mol. The van der Waals surface area contributed by atoms with Gasteiger partial charge in [0.05, 0.1) is 12.9 Å². The second kappa shape index (κ2) is 11.2. The van der Waals surface area contributed by atoms with Gasteiger partial charge in [-0.1, -0.05) is 60.3 Å². The summed E-state index contributed by atoms with van der Waals surface area (Å²) < 4.78 is 6.77. The molecule has 1 N–H and O–H groups in total. The third kappa shape index (κ3) is 5.68. The highest BCUT2D eigenvalue weighted by atomic mass is 32.2. The Hall–Kier alpha value is -3.98. The van der Waals surface area contributed by atoms with Crippen molar-refractivity contribution in [1.29, 1.82) is 0 Å². The molecule has 1 atom stereocenters. The summed E-state index contributed by atoms with van der Waals surface area (Å²) in [7, 11) is 1.31. The fourth-order valence-electron chi connectivity index (χ4n) is 3.41. The molecule has 172 valence electrons. The molecule has 2 aromatic carbocycles. The third-order valence-electron chi connectivity index (χ3n) is 5.00. The number of hydrogen-bond acceptors (Lipinski definition) is 7. The number of ether oxygens (including phenoxy) is 1. The van der Waals surface area contributed by atoms with E-state index in [1.807, 2.05) is 77.4 Å². The lowest BCUT2D eigenvalue weighted by Crippen LogP contribution is -2.43. The minimum absolute atomic E-state index is 0.0558. The Labute approximate surface area is 201 Å². The Morgan fingerprint density at radius 3 is 2.41 bits per heavy atom. The number of hydrogen-bond donors (Lipinski definition) is 1. The summed E-state index contributed by atoms with van der Waals surface area (Å²) >= 11 is 1.24. The highest BCUT2D eigenvalue weighted by molar-refractivity contribution is 7.99. The van der Waals surface area contributed by atoms with E-state index < -0.39 is 12.0 Å². The van der Waals surface area contributed by atoms with Crippen molar-refractivity contribution in [3.63, 3.8) is 0 Å². The molecule has 34 heavy (non-hydrogen) atoms. The molecule has 9 heteroatoms. The molecule has 0 unspecified atom stereocenters. The smallest absolute Gasteiger partial charge is 0.328 e. The maximum atomic E-state index is 12.8. The number of amides is 1. The first kappa shape index (κ1) is 23.2. The standard InChI is InChI=1S/C25H23N5O3S/c1-33-24(32)21(15-18-9-4-2-5-10-18)27-22(31)17-34-25-29-28-23(19-11-8-14-26-16-19)30(25)20-12-6-3-7-13-20/h2-14,16,21H,15,17H2,1H3,(H,27,31)/t21-/m0/s1. The number of pyridine rings is 1. The average Bonchev–Trinajstić information content (AvgIpc) is 3.32. The monoisotopic (exact) mass is 473 g/mol. The predicted octanol–water partition coefficient (Wildman–Crippen LogP) is 3.32. The van der Waals surface area contributed by atoms with E-state index in [4.69, 9.17) is 4.74 Å². The molecule has 2 heterocycles. The van der Waals surface area contributed by atoms with Crippen LogP contribution in [0.25, 0.3) is 17.1 Å². The molecule has 0 aliphatic carbocycles. The highest BCUT2D eigenvalue weighted by Gasteiger charge is 2.23. The Balaban J connectivity index is 1.51. The van der Waals surface area contributed by atoms with Crippen LogP contribution in [0.3, 0.4) is 0 Å². The van der Waals surface area contributed by atoms with Crippen LogP contribution < -0.4 is 5.32 Å². The number of nitrogens with zero attached hydrogens (tertiary/aromatic N) is 4. The molecular weight excluding hydrogens is 450 g/mol. The van der Waals surface area contributed by atoms with Crippen LogP contribution in [-0.4, -0.2) is 50.5 Å². The van der Waals surface area contributed by atoms with E-state index in [9.17, 15) is 9.59 Å². The number of methoxy groups -OCH3 is 1. The fraction of sp³-hybridized carbons (Fsp3) is 0.160. The minimum Gasteiger partial charge on any atom is -0.467 e. The Morgan fingerprint density at radius 2 is 1.74 bits per heavy atom. The van der Waals surface area contributed by atoms with Crippen LogP contribution in [0.2, 0.25) is 0 Å². The molecule has 0 radical (unpaired) electrons. The summed E-state index contributed by atoms with van der Waals surface area (Å²) in [6, 6.07) is 22.1. The van der Waals surface area contributed by atoms with Gasteiger partial charge in [0.2, 0.25) is 5.91 Å². The third-order valence-corrected chi connectivity index (χ3v) is 5.93. The molecule has 1 amide bonds. The highest BCUT2D eigenvalue weighted by Crippen LogP contribution is 2.27. The van der Waals surface area contributed by atoms with Gasteiger partial charge >= 0.3 is 5.97 Å².